The summed E-state index contributed by atoms with van der Waals surface area (Å²) < 4.78 is 23.5. The van der Waals surface area contributed by atoms with Crippen LogP contribution < -0.4 is 0 Å². The second kappa shape index (κ2) is 4.84. The molecule has 0 aliphatic carbocycles. The number of hydrogen-bond acceptors (Lipinski definition) is 3. The molecule has 0 unspecified atom stereocenters. The first kappa shape index (κ1) is 13.0. The Hall–Kier alpha value is -1.07. The minimum Gasteiger partial charge on any atom is -0.481 e. The zero-order valence-electron chi connectivity index (χ0n) is 8.55. The van der Waals surface area contributed by atoms with Gasteiger partial charge >= 0.3 is 5.97 Å². The average Bonchev–Trinajstić information content (AvgIpc) is 2.17. The van der Waals surface area contributed by atoms with Crippen LogP contribution in [0.2, 0.25) is 5.02 Å². The van der Waals surface area contributed by atoms with Crippen molar-refractivity contribution in [1.82, 2.24) is 0 Å². The first-order valence-electron chi connectivity index (χ1n) is 4.54. The van der Waals surface area contributed by atoms with Crippen LogP contribution in [0.15, 0.2) is 29.2 Å². The van der Waals surface area contributed by atoms with Gasteiger partial charge in [-0.3, -0.25) is 4.79 Å². The largest absolute Gasteiger partial charge is 0.481 e. The van der Waals surface area contributed by atoms with Crippen LogP contribution in [0.25, 0.3) is 0 Å². The molecule has 0 heterocycles. The number of carboxylic acid groups (broad SMARTS) is 1. The van der Waals surface area contributed by atoms with Gasteiger partial charge in [0.25, 0.3) is 0 Å². The summed E-state index contributed by atoms with van der Waals surface area (Å²) in [4.78, 5) is 10.7. The Bertz CT molecular complexity index is 478. The second-order valence-corrected chi connectivity index (χ2v) is 5.95. The zero-order valence-corrected chi connectivity index (χ0v) is 10.1. The summed E-state index contributed by atoms with van der Waals surface area (Å²) in [6.07, 6.45) is 0. The van der Waals surface area contributed by atoms with Gasteiger partial charge in [0.15, 0.2) is 9.84 Å². The number of benzene rings is 1. The molecule has 1 aromatic rings. The number of carbonyl (C=O) groups is 1. The van der Waals surface area contributed by atoms with E-state index in [0.717, 1.165) is 0 Å². The fourth-order valence-corrected chi connectivity index (χ4v) is 2.81. The molecule has 0 spiro atoms. The summed E-state index contributed by atoms with van der Waals surface area (Å²) in [7, 11) is -3.56. The highest BCUT2D eigenvalue weighted by atomic mass is 35.5. The van der Waals surface area contributed by atoms with Gasteiger partial charge in [0, 0.05) is 5.02 Å². The maximum Gasteiger partial charge on any atom is 0.307 e. The van der Waals surface area contributed by atoms with E-state index in [-0.39, 0.29) is 4.90 Å². The maximum absolute atomic E-state index is 11.8. The summed E-state index contributed by atoms with van der Waals surface area (Å²) in [5, 5.41) is 9.09. The summed E-state index contributed by atoms with van der Waals surface area (Å²) in [5.74, 6) is -2.47. The van der Waals surface area contributed by atoms with E-state index >= 15 is 0 Å². The van der Waals surface area contributed by atoms with Crippen LogP contribution in [0, 0.1) is 5.92 Å². The number of aliphatic carboxylic acids is 1. The van der Waals surface area contributed by atoms with Crippen LogP contribution >= 0.6 is 11.6 Å². The van der Waals surface area contributed by atoms with Crippen molar-refractivity contribution < 1.29 is 18.3 Å². The summed E-state index contributed by atoms with van der Waals surface area (Å²) in [5.41, 5.74) is 0. The standard InChI is InChI=1S/C10H11ClO4S/c1-7(10(12)13)6-16(14,15)9-4-2-8(11)3-5-9/h2-5,7H,6H2,1H3,(H,12,13)/t7-/m0/s1. The molecule has 0 saturated carbocycles. The van der Waals surface area contributed by atoms with Gasteiger partial charge in [0.1, 0.15) is 0 Å². The van der Waals surface area contributed by atoms with Crippen molar-refractivity contribution in [2.24, 2.45) is 5.92 Å². The highest BCUT2D eigenvalue weighted by molar-refractivity contribution is 7.91. The lowest BCUT2D eigenvalue weighted by Gasteiger charge is -2.07. The SMILES string of the molecule is C[C@@H](CS(=O)(=O)c1ccc(Cl)cc1)C(=O)O. The van der Waals surface area contributed by atoms with E-state index in [1.165, 1.54) is 31.2 Å². The highest BCUT2D eigenvalue weighted by Crippen LogP contribution is 2.17. The number of sulfone groups is 1. The molecule has 0 saturated heterocycles. The summed E-state index contributed by atoms with van der Waals surface area (Å²) in [6.45, 7) is 1.36. The van der Waals surface area contributed by atoms with Gasteiger partial charge in [-0.1, -0.05) is 18.5 Å². The second-order valence-electron chi connectivity index (χ2n) is 3.47. The average molecular weight is 263 g/mol. The van der Waals surface area contributed by atoms with Crippen molar-refractivity contribution >= 4 is 27.4 Å². The monoisotopic (exact) mass is 262 g/mol. The minimum atomic E-state index is -3.56. The predicted molar refractivity (Wildman–Crippen MR) is 60.3 cm³/mol. The van der Waals surface area contributed by atoms with Crippen molar-refractivity contribution in [2.75, 3.05) is 5.75 Å². The third-order valence-corrected chi connectivity index (χ3v) is 4.24. The predicted octanol–water partition coefficient (Wildman–Crippen LogP) is 1.83. The fraction of sp³-hybridized carbons (Fsp3) is 0.300. The normalized spacial score (nSPS) is 13.4. The van der Waals surface area contributed by atoms with Crippen LogP contribution in [0.3, 0.4) is 0 Å². The van der Waals surface area contributed by atoms with Crippen LogP contribution in [-0.2, 0) is 14.6 Å². The molecule has 0 aliphatic heterocycles. The Morgan fingerprint density at radius 3 is 2.31 bits per heavy atom. The molecule has 6 heteroatoms. The third-order valence-electron chi connectivity index (χ3n) is 2.06. The molecule has 4 nitrogen and oxygen atoms in total. The van der Waals surface area contributed by atoms with Gasteiger partial charge in [-0.05, 0) is 24.3 Å². The fourth-order valence-electron chi connectivity index (χ4n) is 1.14. The molecule has 0 aliphatic rings. The lowest BCUT2D eigenvalue weighted by atomic mass is 10.2. The molecule has 0 amide bonds. The van der Waals surface area contributed by atoms with Gasteiger partial charge < -0.3 is 5.11 Å². The van der Waals surface area contributed by atoms with Crippen molar-refractivity contribution in [3.8, 4) is 0 Å². The zero-order chi connectivity index (χ0) is 12.3. The van der Waals surface area contributed by atoms with Crippen molar-refractivity contribution in [2.45, 2.75) is 11.8 Å². The first-order chi connectivity index (χ1) is 7.33. The highest BCUT2D eigenvalue weighted by Gasteiger charge is 2.22. The van der Waals surface area contributed by atoms with Crippen molar-refractivity contribution in [1.29, 1.82) is 0 Å². The molecular weight excluding hydrogens is 252 g/mol. The van der Waals surface area contributed by atoms with E-state index in [9.17, 15) is 13.2 Å². The molecule has 88 valence electrons. The van der Waals surface area contributed by atoms with Crippen LogP contribution in [0.1, 0.15) is 6.92 Å². The Balaban J connectivity index is 2.94. The Labute approximate surface area is 98.8 Å². The molecule has 0 fully saturated rings. The maximum atomic E-state index is 11.8. The Kier molecular flexibility index (Phi) is 3.93. The molecule has 0 radical (unpaired) electrons. The molecule has 0 aromatic heterocycles. The van der Waals surface area contributed by atoms with Gasteiger partial charge in [0.2, 0.25) is 0 Å². The molecule has 1 aromatic carbocycles. The van der Waals surface area contributed by atoms with Crippen LogP contribution in [-0.4, -0.2) is 25.2 Å². The first-order valence-corrected chi connectivity index (χ1v) is 6.57. The van der Waals surface area contributed by atoms with E-state index in [1.807, 2.05) is 0 Å². The number of hydrogen-bond donors (Lipinski definition) is 1. The molecule has 1 N–H and O–H groups in total. The molecule has 16 heavy (non-hydrogen) atoms. The summed E-state index contributed by atoms with van der Waals surface area (Å²) >= 11 is 5.63. The van der Waals surface area contributed by atoms with E-state index in [1.54, 1.807) is 0 Å². The number of carboxylic acids is 1. The Morgan fingerprint density at radius 2 is 1.88 bits per heavy atom. The van der Waals surface area contributed by atoms with Gasteiger partial charge in [-0.15, -0.1) is 0 Å². The lowest BCUT2D eigenvalue weighted by Crippen LogP contribution is -2.21. The number of halogens is 1. The molecule has 0 bridgehead atoms. The van der Waals surface area contributed by atoms with E-state index in [4.69, 9.17) is 16.7 Å². The molecule has 1 atom stereocenters. The van der Waals surface area contributed by atoms with Gasteiger partial charge in [-0.25, -0.2) is 8.42 Å². The number of rotatable bonds is 4. The van der Waals surface area contributed by atoms with E-state index in [0.29, 0.717) is 5.02 Å². The summed E-state index contributed by atoms with van der Waals surface area (Å²) in [6, 6.07) is 5.65. The topological polar surface area (TPSA) is 71.4 Å². The quantitative estimate of drug-likeness (QED) is 0.899. The minimum absolute atomic E-state index is 0.0880. The molecule has 1 rings (SSSR count). The molecular formula is C10H11ClO4S. The van der Waals surface area contributed by atoms with Gasteiger partial charge in [-0.2, -0.15) is 0 Å². The van der Waals surface area contributed by atoms with Crippen molar-refractivity contribution in [3.05, 3.63) is 29.3 Å². The van der Waals surface area contributed by atoms with Crippen LogP contribution in [0.5, 0.6) is 0 Å². The van der Waals surface area contributed by atoms with Crippen LogP contribution in [0.4, 0.5) is 0 Å². The van der Waals surface area contributed by atoms with E-state index < -0.39 is 27.5 Å². The third kappa shape index (κ3) is 3.21. The van der Waals surface area contributed by atoms with E-state index in [2.05, 4.69) is 0 Å². The smallest absolute Gasteiger partial charge is 0.307 e. The van der Waals surface area contributed by atoms with Gasteiger partial charge in [0.05, 0.1) is 16.6 Å². The van der Waals surface area contributed by atoms with Crippen molar-refractivity contribution in [3.63, 3.8) is 0 Å². The lowest BCUT2D eigenvalue weighted by molar-refractivity contribution is -0.140. The Morgan fingerprint density at radius 1 is 1.38 bits per heavy atom.